The molecule has 28 heavy (non-hydrogen) atoms. The molecule has 1 aliphatic rings. The number of fused-ring (bicyclic) bond motifs is 1. The van der Waals surface area contributed by atoms with Crippen molar-refractivity contribution in [2.24, 2.45) is 0 Å². The van der Waals surface area contributed by atoms with Gasteiger partial charge in [0.25, 0.3) is 0 Å². The molecule has 0 aliphatic carbocycles. The van der Waals surface area contributed by atoms with Crippen LogP contribution in [0.1, 0.15) is 36.4 Å². The van der Waals surface area contributed by atoms with Crippen molar-refractivity contribution in [1.29, 1.82) is 5.26 Å². The summed E-state index contributed by atoms with van der Waals surface area (Å²) in [7, 11) is 0. The zero-order chi connectivity index (χ0) is 19.7. The molecule has 1 fully saturated rings. The van der Waals surface area contributed by atoms with Gasteiger partial charge in [0.1, 0.15) is 11.1 Å². The normalized spacial score (nSPS) is 18.1. The van der Waals surface area contributed by atoms with E-state index in [-0.39, 0.29) is 18.0 Å². The summed E-state index contributed by atoms with van der Waals surface area (Å²) in [6.07, 6.45) is 2.04. The van der Waals surface area contributed by atoms with Crippen LogP contribution < -0.4 is 5.32 Å². The second-order valence-corrected chi connectivity index (χ2v) is 8.36. The number of nitrogens with zero attached hydrogens (tertiary/aromatic N) is 3. The Morgan fingerprint density at radius 3 is 2.96 bits per heavy atom. The van der Waals surface area contributed by atoms with E-state index in [1.54, 1.807) is 29.5 Å². The van der Waals surface area contributed by atoms with Gasteiger partial charge in [-0.1, -0.05) is 23.7 Å². The summed E-state index contributed by atoms with van der Waals surface area (Å²) in [6.45, 7) is 2.79. The van der Waals surface area contributed by atoms with Crippen LogP contribution in [-0.4, -0.2) is 28.4 Å². The number of halogens is 1. The Hall–Kier alpha value is -2.46. The molecule has 0 radical (unpaired) electrons. The average Bonchev–Trinajstić information content (AvgIpc) is 3.34. The molecule has 1 saturated heterocycles. The van der Waals surface area contributed by atoms with Gasteiger partial charge in [0.15, 0.2) is 0 Å². The fourth-order valence-corrected chi connectivity index (χ4v) is 4.98. The van der Waals surface area contributed by atoms with Crippen LogP contribution in [0.3, 0.4) is 0 Å². The quantitative estimate of drug-likeness (QED) is 0.658. The molecule has 1 aliphatic heterocycles. The van der Waals surface area contributed by atoms with E-state index in [1.165, 1.54) is 4.70 Å². The second kappa shape index (κ2) is 7.88. The highest BCUT2D eigenvalue weighted by molar-refractivity contribution is 7.18. The summed E-state index contributed by atoms with van der Waals surface area (Å²) >= 11 is 7.78. The van der Waals surface area contributed by atoms with Gasteiger partial charge in [-0.3, -0.25) is 9.69 Å². The number of hydrogen-bond donors (Lipinski definition) is 1. The third-order valence-electron chi connectivity index (χ3n) is 5.12. The van der Waals surface area contributed by atoms with Gasteiger partial charge in [0.05, 0.1) is 32.9 Å². The number of benzene rings is 2. The minimum Gasteiger partial charge on any atom is -0.325 e. The van der Waals surface area contributed by atoms with Gasteiger partial charge in [-0.05, 0) is 56.6 Å². The number of para-hydroxylation sites is 1. The molecule has 2 heterocycles. The molecule has 4 rings (SSSR count). The molecule has 1 aromatic heterocycles. The van der Waals surface area contributed by atoms with Crippen molar-refractivity contribution in [1.82, 2.24) is 9.88 Å². The van der Waals surface area contributed by atoms with Crippen molar-refractivity contribution in [3.63, 3.8) is 0 Å². The van der Waals surface area contributed by atoms with Crippen LogP contribution in [0.15, 0.2) is 42.5 Å². The SMILES string of the molecule is CC(C(=O)Nc1ccc(C#N)c(Cl)c1)N1CCCC1c1nc2ccccc2s1. The summed E-state index contributed by atoms with van der Waals surface area (Å²) < 4.78 is 1.17. The number of aromatic nitrogens is 1. The number of likely N-dealkylation sites (tertiary alicyclic amines) is 1. The standard InChI is InChI=1S/C21H19ClN4OS/c1-13(20(27)24-15-9-8-14(12-23)16(22)11-15)26-10-4-6-18(26)21-25-17-5-2-3-7-19(17)28-21/h2-3,5,7-9,11,13,18H,4,6,10H2,1H3,(H,24,27). The Morgan fingerprint density at radius 1 is 1.39 bits per heavy atom. The lowest BCUT2D eigenvalue weighted by atomic mass is 10.2. The number of carbonyl (C=O) groups is 1. The molecule has 5 nitrogen and oxygen atoms in total. The van der Waals surface area contributed by atoms with E-state index in [1.807, 2.05) is 31.2 Å². The highest BCUT2D eigenvalue weighted by Crippen LogP contribution is 2.37. The molecule has 2 aromatic carbocycles. The molecule has 0 spiro atoms. The number of thiazole rings is 1. The van der Waals surface area contributed by atoms with Crippen LogP contribution in [0.2, 0.25) is 5.02 Å². The summed E-state index contributed by atoms with van der Waals surface area (Å²) in [6, 6.07) is 14.9. The molecular weight excluding hydrogens is 392 g/mol. The summed E-state index contributed by atoms with van der Waals surface area (Å²) in [5.41, 5.74) is 2.00. The average molecular weight is 411 g/mol. The lowest BCUT2D eigenvalue weighted by molar-refractivity contribution is -0.121. The lowest BCUT2D eigenvalue weighted by Crippen LogP contribution is -2.41. The minimum atomic E-state index is -0.297. The van der Waals surface area contributed by atoms with Crippen LogP contribution in [0.5, 0.6) is 0 Å². The molecule has 2 atom stereocenters. The van der Waals surface area contributed by atoms with Crippen LogP contribution in [-0.2, 0) is 4.79 Å². The van der Waals surface area contributed by atoms with Gasteiger partial charge in [-0.25, -0.2) is 4.98 Å². The smallest absolute Gasteiger partial charge is 0.241 e. The van der Waals surface area contributed by atoms with Crippen LogP contribution in [0.4, 0.5) is 5.69 Å². The van der Waals surface area contributed by atoms with Crippen LogP contribution >= 0.6 is 22.9 Å². The van der Waals surface area contributed by atoms with Gasteiger partial charge < -0.3 is 5.32 Å². The molecule has 2 unspecified atom stereocenters. The fourth-order valence-electron chi connectivity index (χ4n) is 3.63. The van der Waals surface area contributed by atoms with Gasteiger partial charge in [0.2, 0.25) is 5.91 Å². The van der Waals surface area contributed by atoms with E-state index in [0.717, 1.165) is 29.9 Å². The first kappa shape index (κ1) is 18.9. The van der Waals surface area contributed by atoms with E-state index in [2.05, 4.69) is 16.3 Å². The van der Waals surface area contributed by atoms with Crippen LogP contribution in [0.25, 0.3) is 10.2 Å². The molecule has 1 N–H and O–H groups in total. The van der Waals surface area contributed by atoms with Crippen molar-refractivity contribution < 1.29 is 4.79 Å². The molecule has 1 amide bonds. The summed E-state index contributed by atoms with van der Waals surface area (Å²) in [5.74, 6) is -0.0891. The van der Waals surface area contributed by atoms with Crippen LogP contribution in [0, 0.1) is 11.3 Å². The third kappa shape index (κ3) is 3.61. The number of rotatable bonds is 4. The first-order valence-corrected chi connectivity index (χ1v) is 10.4. The molecular formula is C21H19ClN4OS. The predicted octanol–water partition coefficient (Wildman–Crippen LogP) is 4.99. The number of nitrogens with one attached hydrogen (secondary N) is 1. The lowest BCUT2D eigenvalue weighted by Gasteiger charge is -2.28. The number of amides is 1. The van der Waals surface area contributed by atoms with Crippen molar-refractivity contribution in [2.75, 3.05) is 11.9 Å². The maximum Gasteiger partial charge on any atom is 0.241 e. The number of carbonyl (C=O) groups excluding carboxylic acids is 1. The van der Waals surface area contributed by atoms with Gasteiger partial charge >= 0.3 is 0 Å². The van der Waals surface area contributed by atoms with E-state index >= 15 is 0 Å². The van der Waals surface area contributed by atoms with Crippen molar-refractivity contribution in [2.45, 2.75) is 31.8 Å². The zero-order valence-corrected chi connectivity index (χ0v) is 16.9. The monoisotopic (exact) mass is 410 g/mol. The molecule has 7 heteroatoms. The van der Waals surface area contributed by atoms with Gasteiger partial charge in [-0.2, -0.15) is 5.26 Å². The summed E-state index contributed by atoms with van der Waals surface area (Å²) in [5, 5.41) is 13.3. The number of anilines is 1. The topological polar surface area (TPSA) is 69.0 Å². The van der Waals surface area contributed by atoms with E-state index in [4.69, 9.17) is 21.8 Å². The van der Waals surface area contributed by atoms with Crippen molar-refractivity contribution >= 4 is 44.7 Å². The number of hydrogen-bond acceptors (Lipinski definition) is 5. The summed E-state index contributed by atoms with van der Waals surface area (Å²) in [4.78, 5) is 19.9. The molecule has 142 valence electrons. The Labute approximate surface area is 172 Å². The number of nitriles is 1. The van der Waals surface area contributed by atoms with Gasteiger partial charge in [0, 0.05) is 5.69 Å². The second-order valence-electron chi connectivity index (χ2n) is 6.89. The van der Waals surface area contributed by atoms with Crippen molar-refractivity contribution in [3.05, 3.63) is 58.1 Å². The van der Waals surface area contributed by atoms with E-state index in [0.29, 0.717) is 16.3 Å². The Balaban J connectivity index is 1.51. The highest BCUT2D eigenvalue weighted by atomic mass is 35.5. The molecule has 0 saturated carbocycles. The Kier molecular flexibility index (Phi) is 5.31. The van der Waals surface area contributed by atoms with E-state index in [9.17, 15) is 4.79 Å². The zero-order valence-electron chi connectivity index (χ0n) is 15.4. The maximum absolute atomic E-state index is 12.8. The Bertz CT molecular complexity index is 1040. The first-order valence-electron chi connectivity index (χ1n) is 9.18. The largest absolute Gasteiger partial charge is 0.325 e. The third-order valence-corrected chi connectivity index (χ3v) is 6.57. The van der Waals surface area contributed by atoms with Gasteiger partial charge in [-0.15, -0.1) is 11.3 Å². The molecule has 3 aromatic rings. The first-order chi connectivity index (χ1) is 13.6. The van der Waals surface area contributed by atoms with Crippen molar-refractivity contribution in [3.8, 4) is 6.07 Å². The molecule has 0 bridgehead atoms. The Morgan fingerprint density at radius 2 is 2.21 bits per heavy atom. The fraction of sp³-hybridized carbons (Fsp3) is 0.286. The predicted molar refractivity (Wildman–Crippen MR) is 113 cm³/mol. The highest BCUT2D eigenvalue weighted by Gasteiger charge is 2.34. The maximum atomic E-state index is 12.8. The minimum absolute atomic E-state index is 0.0891. The van der Waals surface area contributed by atoms with E-state index < -0.39 is 0 Å².